The van der Waals surface area contributed by atoms with Gasteiger partial charge in [-0.15, -0.1) is 0 Å². The van der Waals surface area contributed by atoms with Crippen LogP contribution in [0, 0.1) is 6.92 Å². The maximum atomic E-state index is 6.22. The fourth-order valence-electron chi connectivity index (χ4n) is 2.40. The Morgan fingerprint density at radius 3 is 2.21 bits per heavy atom. The van der Waals surface area contributed by atoms with Gasteiger partial charge in [-0.1, -0.05) is 43.3 Å². The number of nitrogens with zero attached hydrogens (tertiary/aromatic N) is 1. The summed E-state index contributed by atoms with van der Waals surface area (Å²) >= 11 is 0. The molecule has 0 saturated carbocycles. The predicted molar refractivity (Wildman–Crippen MR) is 82.9 cm³/mol. The molecule has 1 atom stereocenters. The van der Waals surface area contributed by atoms with Crippen molar-refractivity contribution < 1.29 is 0 Å². The van der Waals surface area contributed by atoms with Gasteiger partial charge in [0.15, 0.2) is 0 Å². The minimum Gasteiger partial charge on any atom is -0.344 e. The minimum atomic E-state index is 0.0858. The topological polar surface area (TPSA) is 29.3 Å². The first-order valence-electron chi connectivity index (χ1n) is 6.79. The van der Waals surface area contributed by atoms with Crippen molar-refractivity contribution >= 4 is 11.4 Å². The van der Waals surface area contributed by atoms with Crippen LogP contribution >= 0.6 is 0 Å². The summed E-state index contributed by atoms with van der Waals surface area (Å²) in [6.45, 7) is 4.25. The molecule has 2 aromatic carbocycles. The average Bonchev–Trinajstić information content (AvgIpc) is 2.46. The number of aryl methyl sites for hydroxylation is 1. The van der Waals surface area contributed by atoms with Gasteiger partial charge in [-0.2, -0.15) is 0 Å². The van der Waals surface area contributed by atoms with Crippen LogP contribution in [0.1, 0.15) is 30.5 Å². The second-order valence-electron chi connectivity index (χ2n) is 4.92. The molecule has 0 saturated heterocycles. The van der Waals surface area contributed by atoms with Crippen molar-refractivity contribution in [2.75, 3.05) is 11.9 Å². The summed E-state index contributed by atoms with van der Waals surface area (Å²) in [5.74, 6) is 0. The molecule has 100 valence electrons. The number of para-hydroxylation sites is 2. The zero-order chi connectivity index (χ0) is 13.8. The van der Waals surface area contributed by atoms with Crippen molar-refractivity contribution in [3.05, 3.63) is 59.7 Å². The number of hydrogen-bond donors (Lipinski definition) is 1. The molecule has 0 amide bonds. The largest absolute Gasteiger partial charge is 0.344 e. The van der Waals surface area contributed by atoms with Gasteiger partial charge in [0.1, 0.15) is 0 Å². The predicted octanol–water partition coefficient (Wildman–Crippen LogP) is 4.17. The van der Waals surface area contributed by atoms with E-state index in [0.29, 0.717) is 0 Å². The van der Waals surface area contributed by atoms with Crippen molar-refractivity contribution in [1.29, 1.82) is 0 Å². The average molecular weight is 254 g/mol. The lowest BCUT2D eigenvalue weighted by Gasteiger charge is -2.26. The Kier molecular flexibility index (Phi) is 4.23. The highest BCUT2D eigenvalue weighted by Gasteiger charge is 2.14. The van der Waals surface area contributed by atoms with E-state index in [1.54, 1.807) is 0 Å². The molecule has 0 aliphatic heterocycles. The zero-order valence-electron chi connectivity index (χ0n) is 11.9. The molecule has 0 heterocycles. The lowest BCUT2D eigenvalue weighted by atomic mass is 10.0. The van der Waals surface area contributed by atoms with Gasteiger partial charge in [0.05, 0.1) is 0 Å². The first-order chi connectivity index (χ1) is 9.15. The summed E-state index contributed by atoms with van der Waals surface area (Å²) in [4.78, 5) is 2.22. The van der Waals surface area contributed by atoms with Crippen molar-refractivity contribution in [1.82, 2.24) is 0 Å². The van der Waals surface area contributed by atoms with Crippen molar-refractivity contribution in [2.24, 2.45) is 5.73 Å². The van der Waals surface area contributed by atoms with E-state index in [0.717, 1.165) is 6.42 Å². The highest BCUT2D eigenvalue weighted by molar-refractivity contribution is 5.68. The van der Waals surface area contributed by atoms with Crippen molar-refractivity contribution in [3.8, 4) is 0 Å². The molecule has 0 aromatic heterocycles. The van der Waals surface area contributed by atoms with Crippen LogP contribution in [0.5, 0.6) is 0 Å². The summed E-state index contributed by atoms with van der Waals surface area (Å²) < 4.78 is 0. The van der Waals surface area contributed by atoms with Gasteiger partial charge < -0.3 is 10.6 Å². The summed E-state index contributed by atoms with van der Waals surface area (Å²) in [6, 6.07) is 16.9. The van der Waals surface area contributed by atoms with Crippen LogP contribution < -0.4 is 10.6 Å². The molecule has 0 aliphatic rings. The minimum absolute atomic E-state index is 0.0858. The third kappa shape index (κ3) is 2.79. The SMILES string of the molecule is CC[C@@H](N)c1ccccc1N(C)c1ccccc1C. The van der Waals surface area contributed by atoms with Gasteiger partial charge in [0, 0.05) is 24.5 Å². The summed E-state index contributed by atoms with van der Waals surface area (Å²) in [5.41, 5.74) is 11.1. The van der Waals surface area contributed by atoms with E-state index < -0.39 is 0 Å². The molecule has 0 radical (unpaired) electrons. The molecular formula is C17H22N2. The Hall–Kier alpha value is -1.80. The van der Waals surface area contributed by atoms with Crippen LogP contribution in [-0.2, 0) is 0 Å². The zero-order valence-corrected chi connectivity index (χ0v) is 11.9. The standard InChI is InChI=1S/C17H22N2/c1-4-15(18)14-10-6-8-12-17(14)19(3)16-11-7-5-9-13(16)2/h5-12,15H,4,18H2,1-3H3/t15-/m1/s1. The molecule has 19 heavy (non-hydrogen) atoms. The van der Waals surface area contributed by atoms with Gasteiger partial charge in [-0.05, 0) is 36.6 Å². The van der Waals surface area contributed by atoms with Crippen LogP contribution in [0.25, 0.3) is 0 Å². The van der Waals surface area contributed by atoms with E-state index in [2.05, 4.69) is 74.3 Å². The lowest BCUT2D eigenvalue weighted by molar-refractivity contribution is 0.698. The Morgan fingerprint density at radius 1 is 1.00 bits per heavy atom. The van der Waals surface area contributed by atoms with E-state index in [1.165, 1.54) is 22.5 Å². The van der Waals surface area contributed by atoms with Crippen molar-refractivity contribution in [2.45, 2.75) is 26.3 Å². The van der Waals surface area contributed by atoms with E-state index in [1.807, 2.05) is 0 Å². The fourth-order valence-corrected chi connectivity index (χ4v) is 2.40. The molecule has 2 nitrogen and oxygen atoms in total. The molecule has 0 spiro atoms. The lowest BCUT2D eigenvalue weighted by Crippen LogP contribution is -2.17. The summed E-state index contributed by atoms with van der Waals surface area (Å²) in [5, 5.41) is 0. The van der Waals surface area contributed by atoms with Crippen molar-refractivity contribution in [3.63, 3.8) is 0 Å². The first kappa shape index (κ1) is 13.6. The smallest absolute Gasteiger partial charge is 0.0456 e. The summed E-state index contributed by atoms with van der Waals surface area (Å²) in [6.07, 6.45) is 0.943. The number of hydrogen-bond acceptors (Lipinski definition) is 2. The van der Waals surface area contributed by atoms with Gasteiger partial charge in [-0.25, -0.2) is 0 Å². The van der Waals surface area contributed by atoms with Gasteiger partial charge in [-0.3, -0.25) is 0 Å². The molecule has 0 unspecified atom stereocenters. The van der Waals surface area contributed by atoms with Crippen LogP contribution in [0.2, 0.25) is 0 Å². The van der Waals surface area contributed by atoms with E-state index in [9.17, 15) is 0 Å². The third-order valence-corrected chi connectivity index (χ3v) is 3.61. The molecule has 2 N–H and O–H groups in total. The quantitative estimate of drug-likeness (QED) is 0.887. The van der Waals surface area contributed by atoms with E-state index in [4.69, 9.17) is 5.73 Å². The Morgan fingerprint density at radius 2 is 1.58 bits per heavy atom. The molecule has 0 fully saturated rings. The monoisotopic (exact) mass is 254 g/mol. The molecular weight excluding hydrogens is 232 g/mol. The Bertz CT molecular complexity index is 548. The molecule has 0 aliphatic carbocycles. The van der Waals surface area contributed by atoms with Crippen LogP contribution in [0.15, 0.2) is 48.5 Å². The highest BCUT2D eigenvalue weighted by Crippen LogP contribution is 2.32. The van der Waals surface area contributed by atoms with Gasteiger partial charge in [0.25, 0.3) is 0 Å². The molecule has 2 aromatic rings. The maximum Gasteiger partial charge on any atom is 0.0456 e. The number of rotatable bonds is 4. The Balaban J connectivity index is 2.45. The highest BCUT2D eigenvalue weighted by atomic mass is 15.1. The normalized spacial score (nSPS) is 12.2. The molecule has 2 heteroatoms. The second-order valence-corrected chi connectivity index (χ2v) is 4.92. The molecule has 2 rings (SSSR count). The van der Waals surface area contributed by atoms with Gasteiger partial charge >= 0.3 is 0 Å². The number of nitrogens with two attached hydrogens (primary N) is 1. The fraction of sp³-hybridized carbons (Fsp3) is 0.294. The van der Waals surface area contributed by atoms with E-state index >= 15 is 0 Å². The summed E-state index contributed by atoms with van der Waals surface area (Å²) in [7, 11) is 2.10. The van der Waals surface area contributed by atoms with E-state index in [-0.39, 0.29) is 6.04 Å². The van der Waals surface area contributed by atoms with Crippen LogP contribution in [0.4, 0.5) is 11.4 Å². The second kappa shape index (κ2) is 5.89. The van der Waals surface area contributed by atoms with Crippen LogP contribution in [0.3, 0.4) is 0 Å². The maximum absolute atomic E-state index is 6.22. The Labute approximate surface area is 115 Å². The first-order valence-corrected chi connectivity index (χ1v) is 6.79. The number of anilines is 2. The third-order valence-electron chi connectivity index (χ3n) is 3.61. The molecule has 0 bridgehead atoms. The van der Waals surface area contributed by atoms with Crippen LogP contribution in [-0.4, -0.2) is 7.05 Å². The number of benzene rings is 2. The van der Waals surface area contributed by atoms with Gasteiger partial charge in [0.2, 0.25) is 0 Å².